The van der Waals surface area contributed by atoms with E-state index < -0.39 is 12.1 Å². The largest absolute Gasteiger partial charge is 0.466 e. The minimum absolute atomic E-state index is 0.0203. The molecule has 0 aliphatic carbocycles. The Morgan fingerprint density at radius 1 is 0.403 bits per heavy atom. The number of unbranched alkanes of at least 4 members (excludes halogenated alkanes) is 41. The predicted octanol–water partition coefficient (Wildman–Crippen LogP) is 18.6. The molecule has 396 valence electrons. The summed E-state index contributed by atoms with van der Waals surface area (Å²) in [7, 11) is 0. The zero-order valence-electron chi connectivity index (χ0n) is 45.1. The van der Waals surface area contributed by atoms with Gasteiger partial charge in [0.25, 0.3) is 0 Å². The van der Waals surface area contributed by atoms with Gasteiger partial charge in [0.15, 0.2) is 0 Å². The van der Waals surface area contributed by atoms with Crippen molar-refractivity contribution in [3.05, 3.63) is 24.3 Å². The van der Waals surface area contributed by atoms with Gasteiger partial charge >= 0.3 is 5.97 Å². The Morgan fingerprint density at radius 2 is 0.701 bits per heavy atom. The standard InChI is InChI=1S/C61H117NO5/c1-3-5-7-9-11-13-15-17-19-20-21-22-23-24-25-26-27-29-33-37-41-45-49-53-59(64)58(57-63)62-60(65)54-50-46-42-38-34-30-28-32-36-40-44-48-52-56-67-61(66)55-51-47-43-39-35-31-18-16-14-12-10-8-6-4-2/h16,18,30,34,58-59,63-64H,3-15,17,19-29,31-33,35-57H2,1-2H3,(H,62,65)/b18-16-,34-30-. The number of aliphatic hydroxyl groups excluding tert-OH is 2. The summed E-state index contributed by atoms with van der Waals surface area (Å²) in [5.41, 5.74) is 0. The third-order valence-corrected chi connectivity index (χ3v) is 14.0. The van der Waals surface area contributed by atoms with Gasteiger partial charge in [0.2, 0.25) is 5.91 Å². The summed E-state index contributed by atoms with van der Waals surface area (Å²) >= 11 is 0. The van der Waals surface area contributed by atoms with Crippen LogP contribution in [0.15, 0.2) is 24.3 Å². The maximum absolute atomic E-state index is 12.5. The highest BCUT2D eigenvalue weighted by Crippen LogP contribution is 2.17. The first-order chi connectivity index (χ1) is 33.0. The Bertz CT molecular complexity index is 1040. The molecule has 0 aliphatic rings. The Balaban J connectivity index is 3.48. The lowest BCUT2D eigenvalue weighted by atomic mass is 10.0. The molecule has 1 amide bonds. The van der Waals surface area contributed by atoms with Gasteiger partial charge in [-0.2, -0.15) is 0 Å². The smallest absolute Gasteiger partial charge is 0.305 e. The van der Waals surface area contributed by atoms with Gasteiger partial charge in [-0.05, 0) is 77.0 Å². The zero-order valence-corrected chi connectivity index (χ0v) is 45.1. The highest BCUT2D eigenvalue weighted by Gasteiger charge is 2.20. The molecule has 0 saturated heterocycles. The van der Waals surface area contributed by atoms with Crippen LogP contribution in [0.4, 0.5) is 0 Å². The second-order valence-corrected chi connectivity index (χ2v) is 20.7. The molecule has 2 atom stereocenters. The number of hydrogen-bond donors (Lipinski definition) is 3. The number of esters is 1. The molecule has 0 bridgehead atoms. The number of amides is 1. The number of carbonyl (C=O) groups is 2. The fraction of sp³-hybridized carbons (Fsp3) is 0.902. The Kier molecular flexibility index (Phi) is 55.5. The van der Waals surface area contributed by atoms with Gasteiger partial charge in [0, 0.05) is 12.8 Å². The summed E-state index contributed by atoms with van der Waals surface area (Å²) in [4.78, 5) is 24.5. The molecule has 67 heavy (non-hydrogen) atoms. The minimum Gasteiger partial charge on any atom is -0.466 e. The SMILES string of the molecule is CCCCCCC/C=C\CCCCCCCC(=O)OCCCCCCCC/C=C\CCCCCC(=O)NC(CO)C(O)CCCCCCCCCCCCCCCCCCCCCCCCC. The second kappa shape index (κ2) is 56.9. The van der Waals surface area contributed by atoms with E-state index in [2.05, 4.69) is 43.5 Å². The zero-order chi connectivity index (χ0) is 48.6. The number of ether oxygens (including phenoxy) is 1. The molecule has 0 aliphatic heterocycles. The molecule has 0 aromatic rings. The first-order valence-corrected chi connectivity index (χ1v) is 30.1. The summed E-state index contributed by atoms with van der Waals surface area (Å²) < 4.78 is 5.46. The monoisotopic (exact) mass is 944 g/mol. The van der Waals surface area contributed by atoms with Crippen molar-refractivity contribution in [2.24, 2.45) is 0 Å². The second-order valence-electron chi connectivity index (χ2n) is 20.7. The van der Waals surface area contributed by atoms with E-state index in [0.717, 1.165) is 70.6 Å². The predicted molar refractivity (Wildman–Crippen MR) is 292 cm³/mol. The first-order valence-electron chi connectivity index (χ1n) is 30.1. The quantitative estimate of drug-likeness (QED) is 0.0321. The van der Waals surface area contributed by atoms with Crippen LogP contribution in [0.25, 0.3) is 0 Å². The van der Waals surface area contributed by atoms with Crippen LogP contribution in [0.1, 0.15) is 328 Å². The van der Waals surface area contributed by atoms with Crippen molar-refractivity contribution in [2.75, 3.05) is 13.2 Å². The molecule has 0 spiro atoms. The lowest BCUT2D eigenvalue weighted by Gasteiger charge is -2.22. The third-order valence-electron chi connectivity index (χ3n) is 14.0. The van der Waals surface area contributed by atoms with E-state index in [0.29, 0.717) is 25.9 Å². The third kappa shape index (κ3) is 53.5. The molecule has 0 heterocycles. The van der Waals surface area contributed by atoms with Crippen molar-refractivity contribution in [1.82, 2.24) is 5.32 Å². The lowest BCUT2D eigenvalue weighted by Crippen LogP contribution is -2.45. The van der Waals surface area contributed by atoms with Gasteiger partial charge in [-0.15, -0.1) is 0 Å². The molecule has 0 saturated carbocycles. The number of aliphatic hydroxyl groups is 2. The van der Waals surface area contributed by atoms with Crippen molar-refractivity contribution < 1.29 is 24.5 Å². The average Bonchev–Trinajstić information content (AvgIpc) is 3.33. The molecular weight excluding hydrogens is 827 g/mol. The maximum atomic E-state index is 12.5. The van der Waals surface area contributed by atoms with Gasteiger partial charge < -0.3 is 20.3 Å². The highest BCUT2D eigenvalue weighted by atomic mass is 16.5. The summed E-state index contributed by atoms with van der Waals surface area (Å²) in [6.45, 7) is 4.92. The van der Waals surface area contributed by atoms with E-state index in [1.165, 1.54) is 225 Å². The summed E-state index contributed by atoms with van der Waals surface area (Å²) in [6.07, 6.45) is 68.9. The molecule has 6 heteroatoms. The van der Waals surface area contributed by atoms with Gasteiger partial charge in [0.1, 0.15) is 0 Å². The van der Waals surface area contributed by atoms with Crippen LogP contribution >= 0.6 is 0 Å². The highest BCUT2D eigenvalue weighted by molar-refractivity contribution is 5.76. The van der Waals surface area contributed by atoms with Gasteiger partial charge in [0.05, 0.1) is 25.4 Å². The van der Waals surface area contributed by atoms with E-state index in [1.54, 1.807) is 0 Å². The Hall–Kier alpha value is -1.66. The molecule has 2 unspecified atom stereocenters. The van der Waals surface area contributed by atoms with Crippen molar-refractivity contribution in [3.8, 4) is 0 Å². The van der Waals surface area contributed by atoms with Gasteiger partial charge in [-0.1, -0.05) is 263 Å². The van der Waals surface area contributed by atoms with Crippen LogP contribution in [0.3, 0.4) is 0 Å². The van der Waals surface area contributed by atoms with Crippen LogP contribution in [-0.2, 0) is 14.3 Å². The van der Waals surface area contributed by atoms with Crippen LogP contribution in [0.5, 0.6) is 0 Å². The summed E-state index contributed by atoms with van der Waals surface area (Å²) in [5, 5.41) is 23.3. The topological polar surface area (TPSA) is 95.9 Å². The maximum Gasteiger partial charge on any atom is 0.305 e. The van der Waals surface area contributed by atoms with Crippen molar-refractivity contribution in [2.45, 2.75) is 341 Å². The van der Waals surface area contributed by atoms with E-state index in [9.17, 15) is 19.8 Å². The molecule has 0 aromatic heterocycles. The fourth-order valence-electron chi connectivity index (χ4n) is 9.34. The van der Waals surface area contributed by atoms with E-state index in [4.69, 9.17) is 4.74 Å². The number of rotatable bonds is 56. The first kappa shape index (κ1) is 65.3. The number of carbonyl (C=O) groups excluding carboxylic acids is 2. The minimum atomic E-state index is -0.683. The Morgan fingerprint density at radius 3 is 1.07 bits per heavy atom. The van der Waals surface area contributed by atoms with Crippen molar-refractivity contribution in [3.63, 3.8) is 0 Å². The van der Waals surface area contributed by atoms with Crippen LogP contribution < -0.4 is 5.32 Å². The number of nitrogens with one attached hydrogen (secondary N) is 1. The van der Waals surface area contributed by atoms with Crippen LogP contribution in [-0.4, -0.2) is 47.4 Å². The van der Waals surface area contributed by atoms with E-state index >= 15 is 0 Å². The molecule has 3 N–H and O–H groups in total. The number of hydrogen-bond acceptors (Lipinski definition) is 5. The molecular formula is C61H117NO5. The van der Waals surface area contributed by atoms with Crippen LogP contribution in [0, 0.1) is 0 Å². The van der Waals surface area contributed by atoms with E-state index in [-0.39, 0.29) is 18.5 Å². The average molecular weight is 945 g/mol. The summed E-state index contributed by atoms with van der Waals surface area (Å²) in [5.74, 6) is -0.0825. The van der Waals surface area contributed by atoms with E-state index in [1.807, 2.05) is 0 Å². The van der Waals surface area contributed by atoms with Gasteiger partial charge in [-0.25, -0.2) is 0 Å². The molecule has 0 fully saturated rings. The van der Waals surface area contributed by atoms with Crippen molar-refractivity contribution >= 4 is 11.9 Å². The molecule has 0 radical (unpaired) electrons. The normalized spacial score (nSPS) is 12.7. The number of allylic oxidation sites excluding steroid dienone is 4. The summed E-state index contributed by atoms with van der Waals surface area (Å²) in [6, 6.07) is -0.563. The van der Waals surface area contributed by atoms with Crippen molar-refractivity contribution in [1.29, 1.82) is 0 Å². The van der Waals surface area contributed by atoms with Gasteiger partial charge in [-0.3, -0.25) is 9.59 Å². The fourth-order valence-corrected chi connectivity index (χ4v) is 9.34. The molecule has 0 rings (SSSR count). The van der Waals surface area contributed by atoms with Crippen LogP contribution in [0.2, 0.25) is 0 Å². The Labute approximate surface area is 418 Å². The lowest BCUT2D eigenvalue weighted by molar-refractivity contribution is -0.143. The molecule has 6 nitrogen and oxygen atoms in total. The molecule has 0 aromatic carbocycles.